The molecule has 0 fully saturated rings. The van der Waals surface area contributed by atoms with Gasteiger partial charge in [0.2, 0.25) is 11.1 Å². The van der Waals surface area contributed by atoms with Gasteiger partial charge in [-0.15, -0.1) is 0 Å². The first kappa shape index (κ1) is 15.0. The SMILES string of the molecule is CS(=O)c1nccc(-c2c3c(Cl)ccnc3n3c(N)nccc23)n1. The monoisotopic (exact) mass is 358 g/mol. The molecule has 4 rings (SSSR count). The lowest BCUT2D eigenvalue weighted by Gasteiger charge is -2.03. The maximum Gasteiger partial charge on any atom is 0.218 e. The molecule has 0 spiro atoms. The fourth-order valence-electron chi connectivity index (χ4n) is 2.69. The summed E-state index contributed by atoms with van der Waals surface area (Å²) in [6.45, 7) is 0. The Balaban J connectivity index is 2.20. The van der Waals surface area contributed by atoms with Crippen molar-refractivity contribution in [1.29, 1.82) is 0 Å². The number of pyridine rings is 1. The molecule has 1 unspecified atom stereocenters. The van der Waals surface area contributed by atoms with Gasteiger partial charge in [-0.1, -0.05) is 11.6 Å². The molecule has 0 aromatic carbocycles. The highest BCUT2D eigenvalue weighted by Gasteiger charge is 2.20. The number of hydrogen-bond donors (Lipinski definition) is 1. The summed E-state index contributed by atoms with van der Waals surface area (Å²) in [5.41, 5.74) is 8.75. The molecule has 9 heteroatoms. The number of anilines is 1. The minimum atomic E-state index is -1.29. The second-order valence-electron chi connectivity index (χ2n) is 5.07. The summed E-state index contributed by atoms with van der Waals surface area (Å²) < 4.78 is 13.5. The zero-order valence-corrected chi connectivity index (χ0v) is 14.0. The lowest BCUT2D eigenvalue weighted by Crippen LogP contribution is -2.00. The molecular weight excluding hydrogens is 348 g/mol. The average Bonchev–Trinajstić information content (AvgIpc) is 2.92. The zero-order chi connectivity index (χ0) is 16.8. The first-order valence-corrected chi connectivity index (χ1v) is 8.87. The Hall–Kier alpha value is -2.58. The second kappa shape index (κ2) is 5.50. The van der Waals surface area contributed by atoms with Gasteiger partial charge < -0.3 is 5.73 Å². The lowest BCUT2D eigenvalue weighted by molar-refractivity contribution is 0.680. The molecule has 24 heavy (non-hydrogen) atoms. The molecule has 0 saturated carbocycles. The van der Waals surface area contributed by atoms with E-state index < -0.39 is 10.8 Å². The van der Waals surface area contributed by atoms with Crippen LogP contribution >= 0.6 is 11.6 Å². The molecule has 0 aliphatic heterocycles. The molecular formula is C15H11ClN6OS. The third-order valence-corrected chi connectivity index (χ3v) is 4.68. The highest BCUT2D eigenvalue weighted by molar-refractivity contribution is 7.84. The molecule has 2 N–H and O–H groups in total. The summed E-state index contributed by atoms with van der Waals surface area (Å²) in [4.78, 5) is 17.0. The summed E-state index contributed by atoms with van der Waals surface area (Å²) in [5.74, 6) is 0.298. The van der Waals surface area contributed by atoms with Crippen molar-refractivity contribution >= 4 is 44.9 Å². The Kier molecular flexibility index (Phi) is 3.43. The number of halogens is 1. The number of fused-ring (bicyclic) bond motifs is 3. The van der Waals surface area contributed by atoms with Crippen LogP contribution in [0.5, 0.6) is 0 Å². The third kappa shape index (κ3) is 2.15. The predicted molar refractivity (Wildman–Crippen MR) is 93.3 cm³/mol. The van der Waals surface area contributed by atoms with Crippen LogP contribution in [-0.4, -0.2) is 34.8 Å². The summed E-state index contributed by atoms with van der Waals surface area (Å²) in [6.07, 6.45) is 6.33. The van der Waals surface area contributed by atoms with E-state index in [1.54, 1.807) is 35.1 Å². The topological polar surface area (TPSA) is 99.1 Å². The maximum absolute atomic E-state index is 11.7. The molecule has 120 valence electrons. The van der Waals surface area contributed by atoms with E-state index in [2.05, 4.69) is 19.9 Å². The zero-order valence-electron chi connectivity index (χ0n) is 12.5. The van der Waals surface area contributed by atoms with Gasteiger partial charge in [-0.2, -0.15) is 0 Å². The molecule has 4 aromatic rings. The van der Waals surface area contributed by atoms with E-state index in [0.29, 0.717) is 27.7 Å². The minimum Gasteiger partial charge on any atom is -0.369 e. The highest BCUT2D eigenvalue weighted by Crippen LogP contribution is 2.38. The van der Waals surface area contributed by atoms with Gasteiger partial charge in [-0.3, -0.25) is 8.61 Å². The predicted octanol–water partition coefficient (Wildman–Crippen LogP) is 2.31. The Morgan fingerprint density at radius 3 is 2.67 bits per heavy atom. The number of nitrogens with two attached hydrogens (primary N) is 1. The van der Waals surface area contributed by atoms with E-state index in [1.807, 2.05) is 6.07 Å². The first-order chi connectivity index (χ1) is 11.6. The largest absolute Gasteiger partial charge is 0.369 e. The van der Waals surface area contributed by atoms with Gasteiger partial charge >= 0.3 is 0 Å². The molecule has 0 bridgehead atoms. The number of aromatic nitrogens is 5. The van der Waals surface area contributed by atoms with Gasteiger partial charge in [0.1, 0.15) is 5.65 Å². The smallest absolute Gasteiger partial charge is 0.218 e. The van der Waals surface area contributed by atoms with Gasteiger partial charge in [0.25, 0.3) is 0 Å². The van der Waals surface area contributed by atoms with Crippen molar-refractivity contribution in [2.45, 2.75) is 5.16 Å². The molecule has 1 atom stereocenters. The van der Waals surface area contributed by atoms with Crippen LogP contribution in [0.4, 0.5) is 5.95 Å². The minimum absolute atomic E-state index is 0.252. The number of nitrogens with zero attached hydrogens (tertiary/aromatic N) is 5. The van der Waals surface area contributed by atoms with Crippen molar-refractivity contribution in [3.63, 3.8) is 0 Å². The second-order valence-corrected chi connectivity index (χ2v) is 6.75. The van der Waals surface area contributed by atoms with E-state index in [0.717, 1.165) is 11.1 Å². The van der Waals surface area contributed by atoms with E-state index >= 15 is 0 Å². The first-order valence-electron chi connectivity index (χ1n) is 6.94. The number of hydrogen-bond acceptors (Lipinski definition) is 6. The van der Waals surface area contributed by atoms with E-state index in [9.17, 15) is 4.21 Å². The van der Waals surface area contributed by atoms with Crippen molar-refractivity contribution in [2.75, 3.05) is 12.0 Å². The molecule has 0 radical (unpaired) electrons. The van der Waals surface area contributed by atoms with Crippen LogP contribution in [0.3, 0.4) is 0 Å². The van der Waals surface area contributed by atoms with Crippen LogP contribution in [0.1, 0.15) is 0 Å². The molecule has 0 aliphatic rings. The van der Waals surface area contributed by atoms with Crippen molar-refractivity contribution in [3.8, 4) is 11.3 Å². The van der Waals surface area contributed by atoms with Gasteiger partial charge in [-0.25, -0.2) is 19.9 Å². The Morgan fingerprint density at radius 2 is 1.88 bits per heavy atom. The summed E-state index contributed by atoms with van der Waals surface area (Å²) in [6, 6.07) is 5.26. The van der Waals surface area contributed by atoms with Crippen molar-refractivity contribution < 1.29 is 4.21 Å². The molecule has 4 aromatic heterocycles. The summed E-state index contributed by atoms with van der Waals surface area (Å²) >= 11 is 6.42. The maximum atomic E-state index is 11.7. The highest BCUT2D eigenvalue weighted by atomic mass is 35.5. The normalized spacial score (nSPS) is 12.8. The van der Waals surface area contributed by atoms with Crippen LogP contribution in [0.2, 0.25) is 5.02 Å². The van der Waals surface area contributed by atoms with E-state index in [1.165, 1.54) is 6.26 Å². The number of nitrogen functional groups attached to an aromatic ring is 1. The van der Waals surface area contributed by atoms with Crippen LogP contribution in [-0.2, 0) is 10.8 Å². The van der Waals surface area contributed by atoms with Crippen molar-refractivity contribution in [2.24, 2.45) is 0 Å². The van der Waals surface area contributed by atoms with Gasteiger partial charge in [0, 0.05) is 35.8 Å². The Labute approximate surface area is 144 Å². The van der Waals surface area contributed by atoms with Gasteiger partial charge in [0.15, 0.2) is 0 Å². The van der Waals surface area contributed by atoms with E-state index in [4.69, 9.17) is 17.3 Å². The van der Waals surface area contributed by atoms with Crippen LogP contribution < -0.4 is 5.73 Å². The van der Waals surface area contributed by atoms with Crippen LogP contribution in [0.15, 0.2) is 41.9 Å². The van der Waals surface area contributed by atoms with Crippen molar-refractivity contribution in [3.05, 3.63) is 41.8 Å². The van der Waals surface area contributed by atoms with Crippen LogP contribution in [0, 0.1) is 0 Å². The molecule has 0 saturated heterocycles. The summed E-state index contributed by atoms with van der Waals surface area (Å²) in [7, 11) is -1.29. The van der Waals surface area contributed by atoms with Gasteiger partial charge in [0.05, 0.1) is 27.0 Å². The average molecular weight is 359 g/mol. The fourth-order valence-corrected chi connectivity index (χ4v) is 3.36. The molecule has 7 nitrogen and oxygen atoms in total. The lowest BCUT2D eigenvalue weighted by atomic mass is 10.1. The number of rotatable bonds is 2. The third-order valence-electron chi connectivity index (χ3n) is 3.65. The van der Waals surface area contributed by atoms with E-state index in [-0.39, 0.29) is 5.16 Å². The standard InChI is InChI=1S/C15H11ClN6OS/c1-24(23)15-20-6-3-9(21-15)12-10-4-7-19-14(17)22(10)13-11(12)8(16)2-5-18-13/h2-7H,1H3,(H2,17,19). The van der Waals surface area contributed by atoms with Crippen LogP contribution in [0.25, 0.3) is 27.8 Å². The van der Waals surface area contributed by atoms with Crippen molar-refractivity contribution in [1.82, 2.24) is 24.3 Å². The molecule has 4 heterocycles. The fraction of sp³-hybridized carbons (Fsp3) is 0.0667. The van der Waals surface area contributed by atoms with Gasteiger partial charge in [-0.05, 0) is 18.2 Å². The summed E-state index contributed by atoms with van der Waals surface area (Å²) in [5, 5.41) is 1.49. The Bertz CT molecular complexity index is 1130. The Morgan fingerprint density at radius 1 is 1.12 bits per heavy atom. The molecule has 0 aliphatic carbocycles. The molecule has 0 amide bonds. The quantitative estimate of drug-likeness (QED) is 0.552.